The van der Waals surface area contributed by atoms with Crippen LogP contribution in [0.3, 0.4) is 0 Å². The molecule has 6 aromatic carbocycles. The van der Waals surface area contributed by atoms with E-state index in [1.165, 1.54) is 49.5 Å². The summed E-state index contributed by atoms with van der Waals surface area (Å²) in [5.41, 5.74) is 15.8. The lowest BCUT2D eigenvalue weighted by Crippen LogP contribution is -2.14. The smallest absolute Gasteiger partial charge is 0.101 e. The van der Waals surface area contributed by atoms with Gasteiger partial charge in [-0.2, -0.15) is 0 Å². The van der Waals surface area contributed by atoms with Crippen molar-refractivity contribution in [3.05, 3.63) is 228 Å². The van der Waals surface area contributed by atoms with E-state index in [0.29, 0.717) is 5.41 Å². The zero-order valence-corrected chi connectivity index (χ0v) is 41.2. The predicted molar refractivity (Wildman–Crippen MR) is 288 cm³/mol. The van der Waals surface area contributed by atoms with Gasteiger partial charge in [0.25, 0.3) is 0 Å². The summed E-state index contributed by atoms with van der Waals surface area (Å²) in [6, 6.07) is 62.4. The second kappa shape index (κ2) is 25.6. The first-order chi connectivity index (χ1) is 31.0. The Morgan fingerprint density at radius 2 is 0.859 bits per heavy atom. The number of nitrogens with zero attached hydrogens (tertiary/aromatic N) is 2. The van der Waals surface area contributed by atoms with E-state index in [9.17, 15) is 0 Å². The molecule has 330 valence electrons. The SMILES string of the molecule is C/C=C(\C=C(/C)N(c1ccccc1)c1ccc(/C(C)=C/C=C(\C)c2ccc(N(c3ccccc3)c3cc(-c4ccccc4)cs3)cc2)cc1)c1ccccc1.CC.CC.CC(C)(C)C. The molecule has 1 aromatic heterocycles. The van der Waals surface area contributed by atoms with E-state index in [2.05, 4.69) is 271 Å². The van der Waals surface area contributed by atoms with E-state index in [0.717, 1.165) is 28.4 Å². The van der Waals surface area contributed by atoms with Crippen LogP contribution in [0.2, 0.25) is 0 Å². The van der Waals surface area contributed by atoms with Crippen LogP contribution in [0.25, 0.3) is 27.8 Å². The number of benzene rings is 6. The molecule has 0 aliphatic carbocycles. The largest absolute Gasteiger partial charge is 0.314 e. The first-order valence-electron chi connectivity index (χ1n) is 22.8. The molecule has 2 nitrogen and oxygen atoms in total. The Bertz CT molecular complexity index is 2510. The van der Waals surface area contributed by atoms with Gasteiger partial charge in [0.05, 0.1) is 0 Å². The van der Waals surface area contributed by atoms with E-state index in [-0.39, 0.29) is 0 Å². The molecule has 0 bridgehead atoms. The van der Waals surface area contributed by atoms with Crippen molar-refractivity contribution in [2.24, 2.45) is 5.41 Å². The molecule has 64 heavy (non-hydrogen) atoms. The summed E-state index contributed by atoms with van der Waals surface area (Å²) in [5.74, 6) is 0. The zero-order chi connectivity index (χ0) is 46.5. The van der Waals surface area contributed by atoms with Gasteiger partial charge in [-0.15, -0.1) is 11.3 Å². The summed E-state index contributed by atoms with van der Waals surface area (Å²) >= 11 is 1.77. The average molecular weight is 863 g/mol. The Morgan fingerprint density at radius 1 is 0.469 bits per heavy atom. The van der Waals surface area contributed by atoms with Gasteiger partial charge in [0.2, 0.25) is 0 Å². The zero-order valence-electron chi connectivity index (χ0n) is 40.4. The fourth-order valence-corrected chi connectivity index (χ4v) is 7.74. The molecule has 0 unspecified atom stereocenters. The highest BCUT2D eigenvalue weighted by atomic mass is 32.1. The third-order valence-corrected chi connectivity index (χ3v) is 10.7. The topological polar surface area (TPSA) is 6.48 Å². The third-order valence-electron chi connectivity index (χ3n) is 9.82. The maximum atomic E-state index is 2.34. The van der Waals surface area contributed by atoms with E-state index in [1.54, 1.807) is 11.3 Å². The number of hydrogen-bond donors (Lipinski definition) is 0. The molecule has 0 saturated carbocycles. The van der Waals surface area contributed by atoms with Crippen molar-refractivity contribution in [3.63, 3.8) is 0 Å². The highest BCUT2D eigenvalue weighted by Gasteiger charge is 2.16. The molecule has 7 rings (SSSR count). The van der Waals surface area contributed by atoms with Crippen molar-refractivity contribution in [1.82, 2.24) is 0 Å². The van der Waals surface area contributed by atoms with Crippen LogP contribution in [0.1, 0.15) is 99.8 Å². The van der Waals surface area contributed by atoms with Crippen molar-refractivity contribution < 1.29 is 0 Å². The molecular weight excluding hydrogens is 793 g/mol. The Morgan fingerprint density at radius 3 is 1.33 bits per heavy atom. The first-order valence-corrected chi connectivity index (χ1v) is 23.7. The van der Waals surface area contributed by atoms with Crippen LogP contribution in [0.15, 0.2) is 211 Å². The predicted octanol–water partition coefficient (Wildman–Crippen LogP) is 19.6. The van der Waals surface area contributed by atoms with E-state index in [1.807, 2.05) is 27.7 Å². The molecule has 0 fully saturated rings. The van der Waals surface area contributed by atoms with Crippen LogP contribution in [0.5, 0.6) is 0 Å². The van der Waals surface area contributed by atoms with Gasteiger partial charge in [0, 0.05) is 33.8 Å². The number of para-hydroxylation sites is 2. The maximum absolute atomic E-state index is 2.34. The van der Waals surface area contributed by atoms with E-state index in [4.69, 9.17) is 0 Å². The number of rotatable bonds is 12. The second-order valence-corrected chi connectivity index (χ2v) is 17.5. The molecule has 0 aliphatic rings. The number of anilines is 5. The number of allylic oxidation sites excluding steroid dienone is 8. The molecule has 0 radical (unpaired) electrons. The normalized spacial score (nSPS) is 11.8. The van der Waals surface area contributed by atoms with Gasteiger partial charge in [-0.3, -0.25) is 0 Å². The van der Waals surface area contributed by atoms with Crippen molar-refractivity contribution in [1.29, 1.82) is 0 Å². The molecule has 0 N–H and O–H groups in total. The molecule has 7 aromatic rings. The summed E-state index contributed by atoms with van der Waals surface area (Å²) < 4.78 is 0. The Labute approximate surface area is 391 Å². The van der Waals surface area contributed by atoms with Crippen LogP contribution < -0.4 is 9.80 Å². The Balaban J connectivity index is 0.000000922. The summed E-state index contributed by atoms with van der Waals surface area (Å²) in [6.07, 6.45) is 8.90. The molecular formula is C61H70N2S. The molecule has 0 atom stereocenters. The highest BCUT2D eigenvalue weighted by Crippen LogP contribution is 2.41. The van der Waals surface area contributed by atoms with Crippen molar-refractivity contribution >= 4 is 55.8 Å². The molecule has 0 aliphatic heterocycles. The molecule has 0 saturated heterocycles. The third kappa shape index (κ3) is 14.9. The van der Waals surface area contributed by atoms with Gasteiger partial charge in [-0.05, 0) is 138 Å². The van der Waals surface area contributed by atoms with Gasteiger partial charge in [-0.25, -0.2) is 0 Å². The van der Waals surface area contributed by atoms with Crippen LogP contribution >= 0.6 is 11.3 Å². The van der Waals surface area contributed by atoms with Gasteiger partial charge in [0.15, 0.2) is 0 Å². The van der Waals surface area contributed by atoms with E-state index < -0.39 is 0 Å². The van der Waals surface area contributed by atoms with Crippen LogP contribution in [-0.4, -0.2) is 0 Å². The van der Waals surface area contributed by atoms with Crippen molar-refractivity contribution in [3.8, 4) is 11.1 Å². The molecule has 1 heterocycles. The molecule has 0 spiro atoms. The summed E-state index contributed by atoms with van der Waals surface area (Å²) in [6.45, 7) is 25.4. The molecule has 0 amide bonds. The minimum absolute atomic E-state index is 0.500. The van der Waals surface area contributed by atoms with Crippen LogP contribution in [0.4, 0.5) is 27.8 Å². The lowest BCUT2D eigenvalue weighted by Gasteiger charge is -2.26. The Hall–Kier alpha value is -6.42. The minimum atomic E-state index is 0.500. The van der Waals surface area contributed by atoms with Crippen LogP contribution in [0, 0.1) is 5.41 Å². The lowest BCUT2D eigenvalue weighted by atomic mass is 10.0. The van der Waals surface area contributed by atoms with Gasteiger partial charge in [0.1, 0.15) is 5.00 Å². The summed E-state index contributed by atoms with van der Waals surface area (Å²) in [4.78, 5) is 4.66. The van der Waals surface area contributed by atoms with E-state index >= 15 is 0 Å². The van der Waals surface area contributed by atoms with Crippen molar-refractivity contribution in [2.75, 3.05) is 9.80 Å². The summed E-state index contributed by atoms with van der Waals surface area (Å²) in [5, 5.41) is 3.43. The fourth-order valence-electron chi connectivity index (χ4n) is 6.78. The van der Waals surface area contributed by atoms with Crippen molar-refractivity contribution in [2.45, 2.75) is 83.1 Å². The lowest BCUT2D eigenvalue weighted by molar-refractivity contribution is 0.469. The average Bonchev–Trinajstić information content (AvgIpc) is 3.82. The number of thiophene rings is 1. The fraction of sp³-hybridized carbons (Fsp3) is 0.213. The van der Waals surface area contributed by atoms with Crippen LogP contribution in [-0.2, 0) is 0 Å². The van der Waals surface area contributed by atoms with Gasteiger partial charge in [-0.1, -0.05) is 195 Å². The Kier molecular flexibility index (Phi) is 20.1. The first kappa shape index (κ1) is 50.2. The minimum Gasteiger partial charge on any atom is -0.314 e. The monoisotopic (exact) mass is 863 g/mol. The maximum Gasteiger partial charge on any atom is 0.101 e. The van der Waals surface area contributed by atoms with Gasteiger partial charge < -0.3 is 9.80 Å². The quantitative estimate of drug-likeness (QED) is 0.113. The number of hydrogen-bond acceptors (Lipinski definition) is 3. The molecule has 3 heteroatoms. The van der Waals surface area contributed by atoms with Gasteiger partial charge >= 0.3 is 0 Å². The summed E-state index contributed by atoms with van der Waals surface area (Å²) in [7, 11) is 0. The second-order valence-electron chi connectivity index (χ2n) is 16.6. The highest BCUT2D eigenvalue weighted by molar-refractivity contribution is 7.14. The standard InChI is InChI=1S/C52H46N2S.C5H12.2C2H6/c1-5-42(45-18-10-6-11-19-45)36-41(4)53(48-22-14-8-15-23-48)50-32-28-43(29-33-50)39(2)26-27-40(3)44-30-34-51(35-31-44)54(49-24-16-9-17-25-49)52-37-47(38-55-52)46-20-12-7-13-21-46;1-5(2,3)4;2*1-2/h5-38H,1-4H3;1-4H3;2*1-2H3/b39-26+,40-27+,41-36+,42-5+;;;.